The highest BCUT2D eigenvalue weighted by Gasteiger charge is 2.25. The van der Waals surface area contributed by atoms with Gasteiger partial charge in [0.1, 0.15) is 15.7 Å². The van der Waals surface area contributed by atoms with Gasteiger partial charge in [-0.2, -0.15) is 5.26 Å². The fourth-order valence-corrected chi connectivity index (χ4v) is 2.44. The fourth-order valence-electron chi connectivity index (χ4n) is 0.886. The van der Waals surface area contributed by atoms with Crippen LogP contribution < -0.4 is 4.72 Å². The minimum Gasteiger partial charge on any atom is -0.598 e. The lowest BCUT2D eigenvalue weighted by atomic mass is 10.3. The number of hydrogen-bond donors (Lipinski definition) is 1. The van der Waals surface area contributed by atoms with Crippen molar-refractivity contribution in [1.29, 1.82) is 5.26 Å². The molecule has 0 aliphatic carbocycles. The lowest BCUT2D eigenvalue weighted by Gasteiger charge is -2.23. The number of rotatable bonds is 3. The van der Waals surface area contributed by atoms with Gasteiger partial charge in [0.2, 0.25) is 0 Å². The molecule has 0 spiro atoms. The van der Waals surface area contributed by atoms with Gasteiger partial charge in [0.05, 0.1) is 6.54 Å². The third kappa shape index (κ3) is 3.84. The predicted octanol–water partition coefficient (Wildman–Crippen LogP) is 2.17. The minimum atomic E-state index is -1.06. The van der Waals surface area contributed by atoms with E-state index in [4.69, 9.17) is 5.26 Å². The Bertz CT molecular complexity index is 362. The number of nitrogens with zero attached hydrogens (tertiary/aromatic N) is 1. The van der Waals surface area contributed by atoms with Gasteiger partial charge in [-0.25, -0.2) is 0 Å². The Kier molecular flexibility index (Phi) is 4.17. The molecular weight excluding hydrogens is 228 g/mol. The van der Waals surface area contributed by atoms with Crippen LogP contribution in [0.2, 0.25) is 0 Å². The van der Waals surface area contributed by atoms with Crippen LogP contribution in [0.5, 0.6) is 0 Å². The van der Waals surface area contributed by atoms with Crippen molar-refractivity contribution in [1.82, 2.24) is 4.72 Å². The van der Waals surface area contributed by atoms with Crippen LogP contribution in [0.15, 0.2) is 12.1 Å². The van der Waals surface area contributed by atoms with Crippen molar-refractivity contribution < 1.29 is 4.55 Å². The monoisotopic (exact) mass is 242 g/mol. The molecule has 0 amide bonds. The first-order valence-corrected chi connectivity index (χ1v) is 6.54. The summed E-state index contributed by atoms with van der Waals surface area (Å²) < 4.78 is 14.3. The number of nitrogens with one attached hydrogen (secondary N) is 1. The molecule has 1 N–H and O–H groups in total. The molecule has 1 rings (SSSR count). The highest BCUT2D eigenvalue weighted by atomic mass is 32.2. The highest BCUT2D eigenvalue weighted by molar-refractivity contribution is 7.90. The summed E-state index contributed by atoms with van der Waals surface area (Å²) >= 11 is 0.371. The summed E-state index contributed by atoms with van der Waals surface area (Å²) in [6.07, 6.45) is 0. The lowest BCUT2D eigenvalue weighted by molar-refractivity contribution is 0.544. The Labute approximate surface area is 97.4 Å². The summed E-state index contributed by atoms with van der Waals surface area (Å²) in [6, 6.07) is 5.74. The summed E-state index contributed by atoms with van der Waals surface area (Å²) in [6.45, 7) is 6.32. The van der Waals surface area contributed by atoms with Gasteiger partial charge in [0.25, 0.3) is 0 Å². The summed E-state index contributed by atoms with van der Waals surface area (Å²) in [4.78, 5) is 1.72. The van der Waals surface area contributed by atoms with Crippen LogP contribution in [0, 0.1) is 11.3 Å². The molecule has 0 bridgehead atoms. The second-order valence-corrected chi connectivity index (χ2v) is 7.30. The zero-order valence-electron chi connectivity index (χ0n) is 9.03. The highest BCUT2D eigenvalue weighted by Crippen LogP contribution is 2.17. The van der Waals surface area contributed by atoms with Gasteiger partial charge in [-0.05, 0) is 32.9 Å². The van der Waals surface area contributed by atoms with E-state index in [0.717, 1.165) is 4.88 Å². The van der Waals surface area contributed by atoms with Crippen molar-refractivity contribution in [3.05, 3.63) is 21.9 Å². The Morgan fingerprint density at radius 3 is 2.67 bits per heavy atom. The van der Waals surface area contributed by atoms with E-state index in [-0.39, 0.29) is 4.75 Å². The summed E-state index contributed by atoms with van der Waals surface area (Å²) in [5, 5.41) is 8.64. The van der Waals surface area contributed by atoms with Gasteiger partial charge < -0.3 is 4.55 Å². The Morgan fingerprint density at radius 1 is 1.53 bits per heavy atom. The van der Waals surface area contributed by atoms with Gasteiger partial charge in [-0.15, -0.1) is 16.1 Å². The molecule has 0 unspecified atom stereocenters. The van der Waals surface area contributed by atoms with Crippen LogP contribution >= 0.6 is 11.3 Å². The predicted molar refractivity (Wildman–Crippen MR) is 63.8 cm³/mol. The standard InChI is InChI=1S/C10H14N2OS2/c1-10(2,3)15(13)12-7-9-5-4-8(6-11)14-9/h4-5,12H,7H2,1-3H3/t15-/m0/s1. The van der Waals surface area contributed by atoms with E-state index < -0.39 is 11.4 Å². The van der Waals surface area contributed by atoms with Crippen molar-refractivity contribution in [2.24, 2.45) is 0 Å². The summed E-state index contributed by atoms with van der Waals surface area (Å²) in [7, 11) is 0. The molecule has 1 aromatic heterocycles. The Balaban J connectivity index is 2.48. The van der Waals surface area contributed by atoms with E-state index >= 15 is 0 Å². The topological polar surface area (TPSA) is 58.9 Å². The van der Waals surface area contributed by atoms with E-state index in [1.165, 1.54) is 11.3 Å². The van der Waals surface area contributed by atoms with Crippen molar-refractivity contribution in [2.75, 3.05) is 0 Å². The summed E-state index contributed by atoms with van der Waals surface area (Å²) in [5.41, 5.74) is 0. The van der Waals surface area contributed by atoms with Crippen LogP contribution in [0.4, 0.5) is 0 Å². The minimum absolute atomic E-state index is 0.255. The van der Waals surface area contributed by atoms with E-state index in [9.17, 15) is 4.55 Å². The molecule has 1 heterocycles. The largest absolute Gasteiger partial charge is 0.598 e. The van der Waals surface area contributed by atoms with Gasteiger partial charge in [-0.3, -0.25) is 0 Å². The van der Waals surface area contributed by atoms with Gasteiger partial charge >= 0.3 is 0 Å². The van der Waals surface area contributed by atoms with Crippen LogP contribution in [0.3, 0.4) is 0 Å². The molecule has 1 aromatic rings. The molecular formula is C10H14N2OS2. The zero-order chi connectivity index (χ0) is 11.5. The molecule has 0 saturated heterocycles. The smallest absolute Gasteiger partial charge is 0.136 e. The number of hydrogen-bond acceptors (Lipinski definition) is 4. The van der Waals surface area contributed by atoms with Gasteiger partial charge in [0.15, 0.2) is 0 Å². The van der Waals surface area contributed by atoms with E-state index in [1.807, 2.05) is 26.8 Å². The van der Waals surface area contributed by atoms with Crippen molar-refractivity contribution in [3.63, 3.8) is 0 Å². The van der Waals surface area contributed by atoms with Crippen LogP contribution in [-0.2, 0) is 17.9 Å². The van der Waals surface area contributed by atoms with E-state index in [1.54, 1.807) is 6.07 Å². The molecule has 1 atom stereocenters. The first-order valence-electron chi connectivity index (χ1n) is 4.57. The van der Waals surface area contributed by atoms with Crippen LogP contribution in [0.1, 0.15) is 30.5 Å². The second-order valence-electron chi connectivity index (χ2n) is 4.08. The van der Waals surface area contributed by atoms with Crippen molar-refractivity contribution in [3.8, 4) is 6.07 Å². The molecule has 0 radical (unpaired) electrons. The molecule has 0 aliphatic heterocycles. The molecule has 3 nitrogen and oxygen atoms in total. The van der Waals surface area contributed by atoms with Gasteiger partial charge in [0, 0.05) is 16.2 Å². The maximum Gasteiger partial charge on any atom is 0.136 e. The average molecular weight is 242 g/mol. The van der Waals surface area contributed by atoms with Crippen molar-refractivity contribution >= 4 is 22.7 Å². The Morgan fingerprint density at radius 2 is 2.20 bits per heavy atom. The molecule has 15 heavy (non-hydrogen) atoms. The third-order valence-corrected chi connectivity index (χ3v) is 4.21. The maximum atomic E-state index is 11.7. The maximum absolute atomic E-state index is 11.7. The molecule has 0 saturated carbocycles. The fraction of sp³-hybridized carbons (Fsp3) is 0.500. The van der Waals surface area contributed by atoms with E-state index in [2.05, 4.69) is 10.8 Å². The van der Waals surface area contributed by atoms with Crippen molar-refractivity contribution in [2.45, 2.75) is 32.1 Å². The first-order chi connectivity index (χ1) is 6.93. The normalized spacial score (nSPS) is 13.5. The quantitative estimate of drug-likeness (QED) is 0.826. The lowest BCUT2D eigenvalue weighted by Crippen LogP contribution is -2.38. The first kappa shape index (κ1) is 12.5. The SMILES string of the molecule is CC(C)(C)[S@+]([O-])NCc1ccc(C#N)s1. The molecule has 0 fully saturated rings. The third-order valence-electron chi connectivity index (χ3n) is 1.71. The molecule has 5 heteroatoms. The average Bonchev–Trinajstić information content (AvgIpc) is 2.60. The van der Waals surface area contributed by atoms with Gasteiger partial charge in [-0.1, -0.05) is 0 Å². The summed E-state index contributed by atoms with van der Waals surface area (Å²) in [5.74, 6) is 0. The van der Waals surface area contributed by atoms with Crippen LogP contribution in [-0.4, -0.2) is 9.30 Å². The van der Waals surface area contributed by atoms with Crippen LogP contribution in [0.25, 0.3) is 0 Å². The zero-order valence-corrected chi connectivity index (χ0v) is 10.7. The molecule has 0 aliphatic rings. The second kappa shape index (κ2) is 4.99. The molecule has 0 aromatic carbocycles. The molecule has 82 valence electrons. The Hall–Kier alpha value is -0.540. The van der Waals surface area contributed by atoms with E-state index in [0.29, 0.717) is 11.4 Å². The number of nitriles is 1. The number of thiophene rings is 1.